The molecule has 34 heavy (non-hydrogen) atoms. The second kappa shape index (κ2) is 10.7. The molecule has 0 saturated carbocycles. The first-order valence-electron chi connectivity index (χ1n) is 12.0. The molecule has 2 aromatic heterocycles. The number of para-hydroxylation sites is 1. The number of rotatable bonds is 8. The Morgan fingerprint density at radius 2 is 1.68 bits per heavy atom. The van der Waals surface area contributed by atoms with Crippen LogP contribution in [0, 0.1) is 0 Å². The molecule has 4 aromatic rings. The molecule has 2 aromatic carbocycles. The van der Waals surface area contributed by atoms with Crippen molar-refractivity contribution in [2.24, 2.45) is 0 Å². The van der Waals surface area contributed by atoms with Gasteiger partial charge in [0, 0.05) is 55.6 Å². The lowest BCUT2D eigenvalue weighted by molar-refractivity contribution is 0.153. The highest BCUT2D eigenvalue weighted by Crippen LogP contribution is 2.29. The van der Waals surface area contributed by atoms with E-state index < -0.39 is 0 Å². The van der Waals surface area contributed by atoms with E-state index >= 15 is 0 Å². The van der Waals surface area contributed by atoms with Gasteiger partial charge in [-0.25, -0.2) is 4.98 Å². The standard InChI is InChI=1S/C27H31ClN6/c1-32-16-18-33(19-17-32)14-5-13-29-20-21-8-10-22(11-9-21)25-24-12-15-34(23-6-3-2-4-7-23)26(24)31-27(28)30-25/h2-4,6-12,15,29H,5,13-14,16-20H2,1H3. The third-order valence-corrected chi connectivity index (χ3v) is 6.70. The average molecular weight is 475 g/mol. The van der Waals surface area contributed by atoms with Crippen molar-refractivity contribution in [1.29, 1.82) is 0 Å². The van der Waals surface area contributed by atoms with E-state index in [-0.39, 0.29) is 5.28 Å². The minimum Gasteiger partial charge on any atom is -0.313 e. The quantitative estimate of drug-likeness (QED) is 0.301. The van der Waals surface area contributed by atoms with E-state index in [1.807, 2.05) is 29.0 Å². The second-order valence-electron chi connectivity index (χ2n) is 8.97. The van der Waals surface area contributed by atoms with Crippen molar-refractivity contribution in [2.75, 3.05) is 46.3 Å². The van der Waals surface area contributed by atoms with Gasteiger partial charge in [-0.15, -0.1) is 0 Å². The summed E-state index contributed by atoms with van der Waals surface area (Å²) in [5.41, 5.74) is 5.02. The zero-order valence-electron chi connectivity index (χ0n) is 19.6. The number of hydrogen-bond acceptors (Lipinski definition) is 5. The summed E-state index contributed by atoms with van der Waals surface area (Å²) >= 11 is 6.33. The van der Waals surface area contributed by atoms with E-state index in [4.69, 9.17) is 11.6 Å². The Kier molecular flexibility index (Phi) is 7.21. The van der Waals surface area contributed by atoms with E-state index in [1.165, 1.54) is 44.7 Å². The number of hydrogen-bond donors (Lipinski definition) is 1. The Morgan fingerprint density at radius 3 is 2.44 bits per heavy atom. The molecule has 1 saturated heterocycles. The average Bonchev–Trinajstić information content (AvgIpc) is 3.29. The van der Waals surface area contributed by atoms with Crippen molar-refractivity contribution in [3.05, 3.63) is 77.7 Å². The lowest BCUT2D eigenvalue weighted by Gasteiger charge is -2.32. The Balaban J connectivity index is 1.22. The topological polar surface area (TPSA) is 49.2 Å². The number of likely N-dealkylation sites (N-methyl/N-ethyl adjacent to an activating group) is 1. The van der Waals surface area contributed by atoms with Crippen LogP contribution >= 0.6 is 11.6 Å². The molecule has 0 amide bonds. The van der Waals surface area contributed by atoms with Crippen molar-refractivity contribution in [3.8, 4) is 16.9 Å². The van der Waals surface area contributed by atoms with Crippen molar-refractivity contribution >= 4 is 22.6 Å². The maximum Gasteiger partial charge on any atom is 0.224 e. The van der Waals surface area contributed by atoms with Gasteiger partial charge in [0.2, 0.25) is 5.28 Å². The van der Waals surface area contributed by atoms with Crippen LogP contribution in [0.2, 0.25) is 5.28 Å². The zero-order valence-corrected chi connectivity index (χ0v) is 20.4. The Labute approximate surface area is 206 Å². The van der Waals surface area contributed by atoms with Crippen LogP contribution < -0.4 is 5.32 Å². The molecule has 0 unspecified atom stereocenters. The monoisotopic (exact) mass is 474 g/mol. The van der Waals surface area contributed by atoms with Crippen LogP contribution in [-0.2, 0) is 6.54 Å². The van der Waals surface area contributed by atoms with E-state index in [9.17, 15) is 0 Å². The molecule has 0 spiro atoms. The molecule has 1 fully saturated rings. The van der Waals surface area contributed by atoms with Gasteiger partial charge in [-0.2, -0.15) is 4.98 Å². The highest BCUT2D eigenvalue weighted by atomic mass is 35.5. The van der Waals surface area contributed by atoms with Gasteiger partial charge in [-0.3, -0.25) is 0 Å². The first-order chi connectivity index (χ1) is 16.7. The van der Waals surface area contributed by atoms with Gasteiger partial charge >= 0.3 is 0 Å². The molecule has 6 nitrogen and oxygen atoms in total. The van der Waals surface area contributed by atoms with E-state index in [1.54, 1.807) is 0 Å². The second-order valence-corrected chi connectivity index (χ2v) is 9.31. The van der Waals surface area contributed by atoms with Gasteiger partial charge < -0.3 is 19.7 Å². The fourth-order valence-corrected chi connectivity index (χ4v) is 4.68. The third-order valence-electron chi connectivity index (χ3n) is 6.53. The molecular weight excluding hydrogens is 444 g/mol. The number of nitrogens with zero attached hydrogens (tertiary/aromatic N) is 5. The fraction of sp³-hybridized carbons (Fsp3) is 0.333. The summed E-state index contributed by atoms with van der Waals surface area (Å²) in [6.07, 6.45) is 3.20. The molecule has 1 aliphatic heterocycles. The molecule has 1 aliphatic rings. The minimum absolute atomic E-state index is 0.254. The maximum atomic E-state index is 6.33. The first-order valence-corrected chi connectivity index (χ1v) is 12.4. The van der Waals surface area contributed by atoms with E-state index in [0.29, 0.717) is 0 Å². The summed E-state index contributed by atoms with van der Waals surface area (Å²) in [4.78, 5) is 14.0. The van der Waals surface area contributed by atoms with Crippen molar-refractivity contribution in [1.82, 2.24) is 29.7 Å². The molecule has 0 atom stereocenters. The highest BCUT2D eigenvalue weighted by Gasteiger charge is 2.14. The maximum absolute atomic E-state index is 6.33. The summed E-state index contributed by atoms with van der Waals surface area (Å²) in [6, 6.07) is 20.8. The predicted octanol–water partition coefficient (Wildman–Crippen LogP) is 4.47. The van der Waals surface area contributed by atoms with Crippen LogP contribution in [-0.4, -0.2) is 70.7 Å². The number of nitrogens with one attached hydrogen (secondary N) is 1. The molecule has 5 rings (SSSR count). The number of halogens is 1. The molecule has 176 valence electrons. The van der Waals surface area contributed by atoms with Gasteiger partial charge in [0.15, 0.2) is 0 Å². The summed E-state index contributed by atoms with van der Waals surface area (Å²) < 4.78 is 2.05. The molecule has 7 heteroatoms. The van der Waals surface area contributed by atoms with E-state index in [2.05, 4.69) is 74.6 Å². The van der Waals surface area contributed by atoms with Crippen molar-refractivity contribution in [3.63, 3.8) is 0 Å². The summed E-state index contributed by atoms with van der Waals surface area (Å²) in [5, 5.41) is 4.83. The van der Waals surface area contributed by atoms with Crippen LogP contribution in [0.4, 0.5) is 0 Å². The summed E-state index contributed by atoms with van der Waals surface area (Å²) in [6.45, 7) is 7.81. The lowest BCUT2D eigenvalue weighted by Crippen LogP contribution is -2.45. The molecule has 3 heterocycles. The summed E-state index contributed by atoms with van der Waals surface area (Å²) in [7, 11) is 2.20. The molecular formula is C27H31ClN6. The Hall–Kier alpha value is -2.77. The van der Waals surface area contributed by atoms with E-state index in [0.717, 1.165) is 41.1 Å². The SMILES string of the molecule is CN1CCN(CCCNCc2ccc(-c3nc(Cl)nc4c3ccn4-c3ccccc3)cc2)CC1. The van der Waals surface area contributed by atoms with Gasteiger partial charge in [-0.05, 0) is 61.9 Å². The van der Waals surface area contributed by atoms with Gasteiger partial charge in [-0.1, -0.05) is 42.5 Å². The van der Waals surface area contributed by atoms with Crippen LogP contribution in [0.15, 0.2) is 66.9 Å². The lowest BCUT2D eigenvalue weighted by atomic mass is 10.1. The number of piperazine rings is 1. The van der Waals surface area contributed by atoms with Crippen LogP contribution in [0.3, 0.4) is 0 Å². The fourth-order valence-electron chi connectivity index (χ4n) is 4.52. The highest BCUT2D eigenvalue weighted by molar-refractivity contribution is 6.28. The Bertz CT molecular complexity index is 1210. The number of aromatic nitrogens is 3. The van der Waals surface area contributed by atoms with Gasteiger partial charge in [0.05, 0.1) is 5.69 Å². The normalized spacial score (nSPS) is 15.2. The molecule has 1 N–H and O–H groups in total. The number of fused-ring (bicyclic) bond motifs is 1. The van der Waals surface area contributed by atoms with Crippen molar-refractivity contribution in [2.45, 2.75) is 13.0 Å². The zero-order chi connectivity index (χ0) is 23.3. The first kappa shape index (κ1) is 23.0. The van der Waals surface area contributed by atoms with Crippen LogP contribution in [0.5, 0.6) is 0 Å². The van der Waals surface area contributed by atoms with Crippen LogP contribution in [0.25, 0.3) is 28.0 Å². The van der Waals surface area contributed by atoms with Gasteiger partial charge in [0.1, 0.15) is 5.65 Å². The molecule has 0 radical (unpaired) electrons. The minimum atomic E-state index is 0.254. The van der Waals surface area contributed by atoms with Crippen LogP contribution in [0.1, 0.15) is 12.0 Å². The Morgan fingerprint density at radius 1 is 0.912 bits per heavy atom. The largest absolute Gasteiger partial charge is 0.313 e. The van der Waals surface area contributed by atoms with Gasteiger partial charge in [0.25, 0.3) is 0 Å². The smallest absolute Gasteiger partial charge is 0.224 e. The number of benzene rings is 2. The van der Waals surface area contributed by atoms with Crippen molar-refractivity contribution < 1.29 is 0 Å². The third kappa shape index (κ3) is 5.31. The molecule has 0 bridgehead atoms. The predicted molar refractivity (Wildman–Crippen MR) is 140 cm³/mol. The molecule has 0 aliphatic carbocycles. The summed E-state index contributed by atoms with van der Waals surface area (Å²) in [5.74, 6) is 0.